The maximum absolute atomic E-state index is 12.6. The van der Waals surface area contributed by atoms with Crippen LogP contribution in [0.4, 0.5) is 0 Å². The lowest BCUT2D eigenvalue weighted by atomic mass is 10.1. The molecule has 0 fully saturated rings. The Hall–Kier alpha value is -2.61. The molecule has 1 aromatic heterocycles. The largest absolute Gasteiger partial charge is 0.508 e. The summed E-state index contributed by atoms with van der Waals surface area (Å²) >= 11 is 0. The van der Waals surface area contributed by atoms with Crippen LogP contribution in [0, 0.1) is 0 Å². The first-order valence-corrected chi connectivity index (χ1v) is 8.95. The molecule has 0 radical (unpaired) electrons. The van der Waals surface area contributed by atoms with E-state index in [1.165, 1.54) is 18.2 Å². The fourth-order valence-electron chi connectivity index (χ4n) is 2.40. The Labute approximate surface area is 139 Å². The average Bonchev–Trinajstić information content (AvgIpc) is 2.99. The van der Waals surface area contributed by atoms with E-state index in [9.17, 15) is 13.5 Å². The number of nitrogens with zero attached hydrogens (tertiary/aromatic N) is 3. The van der Waals surface area contributed by atoms with Crippen LogP contribution in [0.2, 0.25) is 0 Å². The number of para-hydroxylation sites is 1. The van der Waals surface area contributed by atoms with Crippen molar-refractivity contribution in [1.82, 2.24) is 14.4 Å². The molecule has 0 aliphatic heterocycles. The topological polar surface area (TPSA) is 94.3 Å². The van der Waals surface area contributed by atoms with E-state index in [-0.39, 0.29) is 11.5 Å². The van der Waals surface area contributed by atoms with Gasteiger partial charge in [-0.15, -0.1) is 9.19 Å². The summed E-state index contributed by atoms with van der Waals surface area (Å²) in [7, 11) is -4.23. The van der Waals surface area contributed by atoms with Gasteiger partial charge in [0.05, 0.1) is 0 Å². The first-order valence-electron chi connectivity index (χ1n) is 7.59. The van der Waals surface area contributed by atoms with Crippen LogP contribution in [0.15, 0.2) is 42.5 Å². The van der Waals surface area contributed by atoms with Gasteiger partial charge in [-0.05, 0) is 42.3 Å². The molecule has 0 atom stereocenters. The van der Waals surface area contributed by atoms with E-state index < -0.39 is 10.3 Å². The van der Waals surface area contributed by atoms with E-state index in [0.29, 0.717) is 23.0 Å². The summed E-state index contributed by atoms with van der Waals surface area (Å²) in [5.74, 6) is 0.114. The second-order valence-electron chi connectivity index (χ2n) is 5.32. The average molecular weight is 347 g/mol. The second kappa shape index (κ2) is 6.48. The van der Waals surface area contributed by atoms with Crippen LogP contribution in [0.25, 0.3) is 11.0 Å². The van der Waals surface area contributed by atoms with Gasteiger partial charge >= 0.3 is 10.3 Å². The van der Waals surface area contributed by atoms with Crippen molar-refractivity contribution in [2.24, 2.45) is 0 Å². The molecule has 0 saturated carbocycles. The highest BCUT2D eigenvalue weighted by Crippen LogP contribution is 2.30. The Morgan fingerprint density at radius 3 is 2.75 bits per heavy atom. The van der Waals surface area contributed by atoms with E-state index in [0.717, 1.165) is 16.9 Å². The lowest BCUT2D eigenvalue weighted by Crippen LogP contribution is -2.21. The first kappa shape index (κ1) is 16.3. The number of benzene rings is 2. The van der Waals surface area contributed by atoms with Crippen LogP contribution < -0.4 is 4.18 Å². The smallest absolute Gasteiger partial charge is 0.431 e. The molecule has 24 heavy (non-hydrogen) atoms. The molecular formula is C16H17N3O4S. The fourth-order valence-corrected chi connectivity index (χ4v) is 3.37. The number of phenols is 1. The van der Waals surface area contributed by atoms with Gasteiger partial charge in [0.2, 0.25) is 0 Å². The molecule has 1 heterocycles. The van der Waals surface area contributed by atoms with Crippen LogP contribution in [-0.4, -0.2) is 27.9 Å². The van der Waals surface area contributed by atoms with Gasteiger partial charge in [0.15, 0.2) is 5.75 Å². The molecular weight excluding hydrogens is 330 g/mol. The maximum atomic E-state index is 12.6. The van der Waals surface area contributed by atoms with Crippen molar-refractivity contribution < 1.29 is 17.7 Å². The number of fused-ring (bicyclic) bond motifs is 1. The van der Waals surface area contributed by atoms with E-state index in [1.54, 1.807) is 24.3 Å². The monoisotopic (exact) mass is 347 g/mol. The van der Waals surface area contributed by atoms with Gasteiger partial charge in [0, 0.05) is 5.56 Å². The van der Waals surface area contributed by atoms with Crippen molar-refractivity contribution in [3.8, 4) is 11.5 Å². The summed E-state index contributed by atoms with van der Waals surface area (Å²) in [4.78, 5) is 0. The van der Waals surface area contributed by atoms with Crippen LogP contribution >= 0.6 is 0 Å². The number of aromatic hydroxyl groups is 1. The van der Waals surface area contributed by atoms with Crippen molar-refractivity contribution in [2.75, 3.05) is 0 Å². The predicted molar refractivity (Wildman–Crippen MR) is 89.2 cm³/mol. The van der Waals surface area contributed by atoms with Gasteiger partial charge in [-0.25, -0.2) is 0 Å². The molecule has 0 bridgehead atoms. The number of phenolic OH excluding ortho intramolecular Hbond substituents is 1. The summed E-state index contributed by atoms with van der Waals surface area (Å²) in [6.45, 7) is 2.01. The Balaban J connectivity index is 2.00. The third kappa shape index (κ3) is 3.05. The molecule has 0 spiro atoms. The second-order valence-corrected chi connectivity index (χ2v) is 6.69. The molecule has 7 nitrogen and oxygen atoms in total. The highest BCUT2D eigenvalue weighted by atomic mass is 32.2. The minimum Gasteiger partial charge on any atom is -0.508 e. The number of unbranched alkanes of at least 4 members (excludes halogenated alkanes) is 1. The SMILES string of the molecule is CCCCc1c(O)cccc1OS(=O)(=O)n1nnc2ccccc21. The molecule has 126 valence electrons. The molecule has 8 heteroatoms. The highest BCUT2D eigenvalue weighted by molar-refractivity contribution is 7.85. The van der Waals surface area contributed by atoms with Crippen molar-refractivity contribution in [2.45, 2.75) is 26.2 Å². The molecule has 3 aromatic rings. The third-order valence-electron chi connectivity index (χ3n) is 3.62. The van der Waals surface area contributed by atoms with Crippen molar-refractivity contribution in [1.29, 1.82) is 0 Å². The summed E-state index contributed by atoms with van der Waals surface area (Å²) in [5, 5.41) is 17.5. The molecule has 0 amide bonds. The Kier molecular flexibility index (Phi) is 4.39. The summed E-state index contributed by atoms with van der Waals surface area (Å²) in [6.07, 6.45) is 2.24. The zero-order valence-corrected chi connectivity index (χ0v) is 13.9. The maximum Gasteiger partial charge on any atom is 0.431 e. The molecule has 1 N–H and O–H groups in total. The molecule has 0 aliphatic rings. The first-order chi connectivity index (χ1) is 11.5. The molecule has 0 saturated heterocycles. The minimum atomic E-state index is -4.23. The zero-order valence-electron chi connectivity index (χ0n) is 13.1. The number of aromatic nitrogens is 3. The van der Waals surface area contributed by atoms with Gasteiger partial charge in [-0.1, -0.05) is 31.5 Å². The molecule has 2 aromatic carbocycles. The molecule has 3 rings (SSSR count). The molecule has 0 aliphatic carbocycles. The van der Waals surface area contributed by atoms with E-state index in [1.807, 2.05) is 6.92 Å². The van der Waals surface area contributed by atoms with Gasteiger partial charge in [-0.2, -0.15) is 8.42 Å². The van der Waals surface area contributed by atoms with Crippen LogP contribution in [0.1, 0.15) is 25.3 Å². The van der Waals surface area contributed by atoms with Crippen molar-refractivity contribution in [3.63, 3.8) is 0 Å². The summed E-state index contributed by atoms with van der Waals surface area (Å²) in [5.41, 5.74) is 1.24. The quantitative estimate of drug-likeness (QED) is 0.737. The van der Waals surface area contributed by atoms with Gasteiger partial charge in [-0.3, -0.25) is 0 Å². The summed E-state index contributed by atoms with van der Waals surface area (Å²) in [6, 6.07) is 11.3. The lowest BCUT2D eigenvalue weighted by Gasteiger charge is -2.12. The Morgan fingerprint density at radius 1 is 1.17 bits per heavy atom. The number of hydrogen-bond donors (Lipinski definition) is 1. The number of hydrogen-bond acceptors (Lipinski definition) is 6. The minimum absolute atomic E-state index is 0.0135. The highest BCUT2D eigenvalue weighted by Gasteiger charge is 2.23. The normalized spacial score (nSPS) is 11.7. The van der Waals surface area contributed by atoms with Crippen LogP contribution in [0.5, 0.6) is 11.5 Å². The standard InChI is InChI=1S/C16H17N3O4S/c1-2-3-7-12-15(20)10-6-11-16(12)23-24(21,22)19-14-9-5-4-8-13(14)17-18-19/h4-6,8-11,20H,2-3,7H2,1H3. The van der Waals surface area contributed by atoms with Crippen molar-refractivity contribution >= 4 is 21.3 Å². The van der Waals surface area contributed by atoms with Crippen LogP contribution in [-0.2, 0) is 16.7 Å². The lowest BCUT2D eigenvalue weighted by molar-refractivity contribution is 0.446. The zero-order chi connectivity index (χ0) is 17.2. The van der Waals surface area contributed by atoms with Gasteiger partial charge in [0.25, 0.3) is 0 Å². The van der Waals surface area contributed by atoms with Gasteiger partial charge < -0.3 is 9.29 Å². The fraction of sp³-hybridized carbons (Fsp3) is 0.250. The Bertz CT molecular complexity index is 966. The van der Waals surface area contributed by atoms with Crippen LogP contribution in [0.3, 0.4) is 0 Å². The predicted octanol–water partition coefficient (Wildman–Crippen LogP) is 2.65. The van der Waals surface area contributed by atoms with E-state index in [2.05, 4.69) is 10.3 Å². The van der Waals surface area contributed by atoms with Gasteiger partial charge in [0.1, 0.15) is 16.8 Å². The Morgan fingerprint density at radius 2 is 1.96 bits per heavy atom. The van der Waals surface area contributed by atoms with E-state index in [4.69, 9.17) is 4.18 Å². The van der Waals surface area contributed by atoms with Crippen molar-refractivity contribution in [3.05, 3.63) is 48.0 Å². The number of rotatable bonds is 6. The van der Waals surface area contributed by atoms with E-state index >= 15 is 0 Å². The molecule has 0 unspecified atom stereocenters. The summed E-state index contributed by atoms with van der Waals surface area (Å²) < 4.78 is 31.1. The third-order valence-corrected chi connectivity index (χ3v) is 4.70.